The molecule has 1 aliphatic heterocycles. The van der Waals surface area contributed by atoms with Crippen LogP contribution in [0.25, 0.3) is 0 Å². The number of carboxylic acids is 1. The maximum Gasteiger partial charge on any atom is 0.329 e. The third-order valence-corrected chi connectivity index (χ3v) is 3.55. The minimum absolute atomic E-state index is 0.0585. The summed E-state index contributed by atoms with van der Waals surface area (Å²) in [5, 5.41) is 8.59. The molecule has 0 spiro atoms. The lowest BCUT2D eigenvalue weighted by molar-refractivity contribution is -0.173. The molecule has 21 heavy (non-hydrogen) atoms. The Morgan fingerprint density at radius 1 is 1.33 bits per heavy atom. The lowest BCUT2D eigenvalue weighted by Crippen LogP contribution is -2.63. The topological polar surface area (TPSA) is 92.9 Å². The van der Waals surface area contributed by atoms with Crippen molar-refractivity contribution in [1.29, 1.82) is 0 Å². The van der Waals surface area contributed by atoms with Crippen LogP contribution in [-0.4, -0.2) is 47.2 Å². The van der Waals surface area contributed by atoms with E-state index in [2.05, 4.69) is 0 Å². The monoisotopic (exact) mass is 292 g/mol. The van der Waals surface area contributed by atoms with Crippen LogP contribution in [0.1, 0.15) is 18.9 Å². The molecule has 0 saturated carbocycles. The lowest BCUT2D eigenvalue weighted by Gasteiger charge is -2.47. The van der Waals surface area contributed by atoms with Crippen molar-refractivity contribution < 1.29 is 19.4 Å². The van der Waals surface area contributed by atoms with Crippen LogP contribution in [-0.2, 0) is 20.7 Å². The van der Waals surface area contributed by atoms with Crippen molar-refractivity contribution in [3.05, 3.63) is 29.8 Å². The highest BCUT2D eigenvalue weighted by Gasteiger charge is 2.42. The van der Waals surface area contributed by atoms with E-state index >= 15 is 0 Å². The molecule has 0 atom stereocenters. The van der Waals surface area contributed by atoms with Gasteiger partial charge in [-0.3, -0.25) is 4.79 Å². The second-order valence-electron chi connectivity index (χ2n) is 5.62. The zero-order valence-electron chi connectivity index (χ0n) is 12.0. The Balaban J connectivity index is 1.73. The zero-order valence-corrected chi connectivity index (χ0v) is 12.0. The van der Waals surface area contributed by atoms with Crippen molar-refractivity contribution >= 4 is 17.6 Å². The van der Waals surface area contributed by atoms with Gasteiger partial charge in [0.25, 0.3) is 0 Å². The highest BCUT2D eigenvalue weighted by Crippen LogP contribution is 2.25. The summed E-state index contributed by atoms with van der Waals surface area (Å²) in [6, 6.07) is 7.47. The molecule has 1 aromatic rings. The number of aryl methyl sites for hydroxylation is 1. The number of nitrogens with zero attached hydrogens (tertiary/aromatic N) is 1. The normalized spacial score (nSPS) is 16.3. The Morgan fingerprint density at radius 3 is 2.52 bits per heavy atom. The SMILES string of the molecule is CC1(OCC(=O)O)CN(C(=O)CCc2ccc(N)cc2)C1. The zero-order chi connectivity index (χ0) is 15.5. The minimum atomic E-state index is -0.996. The van der Waals surface area contributed by atoms with Gasteiger partial charge >= 0.3 is 5.97 Å². The van der Waals surface area contributed by atoms with Crippen molar-refractivity contribution in [1.82, 2.24) is 4.90 Å². The van der Waals surface area contributed by atoms with Gasteiger partial charge in [-0.05, 0) is 31.0 Å². The van der Waals surface area contributed by atoms with E-state index in [-0.39, 0.29) is 12.5 Å². The van der Waals surface area contributed by atoms with E-state index in [9.17, 15) is 9.59 Å². The number of hydrogen-bond acceptors (Lipinski definition) is 4. The average Bonchev–Trinajstić information content (AvgIpc) is 2.41. The molecule has 6 nitrogen and oxygen atoms in total. The van der Waals surface area contributed by atoms with Crippen LogP contribution in [0.5, 0.6) is 0 Å². The molecule has 2 rings (SSSR count). The van der Waals surface area contributed by atoms with Crippen molar-refractivity contribution in [2.24, 2.45) is 0 Å². The lowest BCUT2D eigenvalue weighted by atomic mass is 9.95. The second kappa shape index (κ2) is 6.13. The number of rotatable bonds is 6. The van der Waals surface area contributed by atoms with E-state index in [1.165, 1.54) is 0 Å². The molecule has 0 unspecified atom stereocenters. The minimum Gasteiger partial charge on any atom is -0.480 e. The number of amides is 1. The third kappa shape index (κ3) is 4.19. The molecule has 0 bridgehead atoms. The number of hydrogen-bond donors (Lipinski definition) is 2. The van der Waals surface area contributed by atoms with Gasteiger partial charge in [-0.15, -0.1) is 0 Å². The molecule has 0 aliphatic carbocycles. The van der Waals surface area contributed by atoms with Gasteiger partial charge in [-0.2, -0.15) is 0 Å². The Hall–Kier alpha value is -2.08. The molecule has 1 aliphatic rings. The van der Waals surface area contributed by atoms with E-state index in [1.807, 2.05) is 31.2 Å². The Labute approximate surface area is 123 Å². The first-order chi connectivity index (χ1) is 9.88. The molecule has 3 N–H and O–H groups in total. The predicted octanol–water partition coefficient (Wildman–Crippen LogP) is 0.903. The first-order valence-corrected chi connectivity index (χ1v) is 6.86. The summed E-state index contributed by atoms with van der Waals surface area (Å²) in [5.41, 5.74) is 6.86. The van der Waals surface area contributed by atoms with E-state index in [4.69, 9.17) is 15.6 Å². The highest BCUT2D eigenvalue weighted by atomic mass is 16.5. The number of ether oxygens (including phenoxy) is 1. The van der Waals surface area contributed by atoms with Crippen LogP contribution >= 0.6 is 0 Å². The molecule has 1 aromatic carbocycles. The number of benzene rings is 1. The van der Waals surface area contributed by atoms with Crippen LogP contribution in [0.4, 0.5) is 5.69 Å². The number of likely N-dealkylation sites (tertiary alicyclic amines) is 1. The third-order valence-electron chi connectivity index (χ3n) is 3.55. The number of carbonyl (C=O) groups excluding carboxylic acids is 1. The van der Waals surface area contributed by atoms with Crippen LogP contribution in [0, 0.1) is 0 Å². The quantitative estimate of drug-likeness (QED) is 0.760. The van der Waals surface area contributed by atoms with Gasteiger partial charge in [0.05, 0.1) is 13.1 Å². The average molecular weight is 292 g/mol. The fraction of sp³-hybridized carbons (Fsp3) is 0.467. The first-order valence-electron chi connectivity index (χ1n) is 6.86. The van der Waals surface area contributed by atoms with E-state index in [0.717, 1.165) is 5.56 Å². The molecule has 114 valence electrons. The van der Waals surface area contributed by atoms with E-state index in [0.29, 0.717) is 31.6 Å². The van der Waals surface area contributed by atoms with Crippen molar-refractivity contribution in [2.45, 2.75) is 25.4 Å². The van der Waals surface area contributed by atoms with Gasteiger partial charge < -0.3 is 20.5 Å². The standard InChI is InChI=1S/C15H20N2O4/c1-15(21-8-14(19)20)9-17(10-15)13(18)7-4-11-2-5-12(16)6-3-11/h2-3,5-6H,4,7-10,16H2,1H3,(H,19,20). The molecule has 6 heteroatoms. The maximum absolute atomic E-state index is 12.0. The molecular formula is C15H20N2O4. The van der Waals surface area contributed by atoms with Crippen molar-refractivity contribution in [3.63, 3.8) is 0 Å². The van der Waals surface area contributed by atoms with E-state index in [1.54, 1.807) is 4.90 Å². The van der Waals surface area contributed by atoms with Crippen LogP contribution < -0.4 is 5.73 Å². The Bertz CT molecular complexity index is 521. The van der Waals surface area contributed by atoms with Crippen LogP contribution in [0.3, 0.4) is 0 Å². The molecule has 1 saturated heterocycles. The van der Waals surface area contributed by atoms with Crippen LogP contribution in [0.2, 0.25) is 0 Å². The summed E-state index contributed by atoms with van der Waals surface area (Å²) >= 11 is 0. The number of carboxylic acid groups (broad SMARTS) is 1. The fourth-order valence-corrected chi connectivity index (χ4v) is 2.36. The fourth-order valence-electron chi connectivity index (χ4n) is 2.36. The van der Waals surface area contributed by atoms with Crippen molar-refractivity contribution in [3.8, 4) is 0 Å². The summed E-state index contributed by atoms with van der Waals surface area (Å²) in [6.45, 7) is 2.38. The molecule has 1 amide bonds. The van der Waals surface area contributed by atoms with E-state index < -0.39 is 11.6 Å². The van der Waals surface area contributed by atoms with Gasteiger partial charge in [-0.25, -0.2) is 4.79 Å². The highest BCUT2D eigenvalue weighted by molar-refractivity contribution is 5.77. The summed E-state index contributed by atoms with van der Waals surface area (Å²) in [5.74, 6) is -0.937. The van der Waals surface area contributed by atoms with Crippen LogP contribution in [0.15, 0.2) is 24.3 Å². The number of aliphatic carboxylic acids is 1. The molecular weight excluding hydrogens is 272 g/mol. The number of nitrogens with two attached hydrogens (primary N) is 1. The largest absolute Gasteiger partial charge is 0.480 e. The number of carbonyl (C=O) groups is 2. The van der Waals surface area contributed by atoms with Gasteiger partial charge in [0.1, 0.15) is 12.2 Å². The summed E-state index contributed by atoms with van der Waals surface area (Å²) < 4.78 is 5.28. The maximum atomic E-state index is 12.0. The smallest absolute Gasteiger partial charge is 0.329 e. The predicted molar refractivity (Wildman–Crippen MR) is 77.7 cm³/mol. The number of anilines is 1. The second-order valence-corrected chi connectivity index (χ2v) is 5.62. The Morgan fingerprint density at radius 2 is 1.95 bits per heavy atom. The Kier molecular flexibility index (Phi) is 4.47. The summed E-state index contributed by atoms with van der Waals surface area (Å²) in [7, 11) is 0. The molecule has 0 radical (unpaired) electrons. The molecule has 1 heterocycles. The van der Waals surface area contributed by atoms with Gasteiger partial charge in [-0.1, -0.05) is 12.1 Å². The summed E-state index contributed by atoms with van der Waals surface area (Å²) in [4.78, 5) is 24.2. The van der Waals surface area contributed by atoms with Gasteiger partial charge in [0, 0.05) is 12.1 Å². The number of nitrogen functional groups attached to an aromatic ring is 1. The van der Waals surface area contributed by atoms with Crippen molar-refractivity contribution in [2.75, 3.05) is 25.4 Å². The molecule has 0 aromatic heterocycles. The van der Waals surface area contributed by atoms with Gasteiger partial charge in [0.2, 0.25) is 5.91 Å². The molecule has 1 fully saturated rings. The first kappa shape index (κ1) is 15.3. The van der Waals surface area contributed by atoms with Gasteiger partial charge in [0.15, 0.2) is 0 Å². The summed E-state index contributed by atoms with van der Waals surface area (Å²) in [6.07, 6.45) is 1.10.